The second-order valence-corrected chi connectivity index (χ2v) is 3.44. The first-order chi connectivity index (χ1) is 6.56. The average Bonchev–Trinajstić information content (AvgIpc) is 2.10. The summed E-state index contributed by atoms with van der Waals surface area (Å²) in [6.07, 6.45) is 1.86. The number of aryl methyl sites for hydroxylation is 2. The smallest absolute Gasteiger partial charge is 0.335 e. The summed E-state index contributed by atoms with van der Waals surface area (Å²) < 4.78 is 0. The molecular weight excluding hydrogens is 196 g/mol. The van der Waals surface area contributed by atoms with Crippen LogP contribution in [0.2, 0.25) is 0 Å². The van der Waals surface area contributed by atoms with Crippen molar-refractivity contribution in [2.75, 3.05) is 0 Å². The minimum absolute atomic E-state index is 0.330. The van der Waals surface area contributed by atoms with Crippen molar-refractivity contribution in [3.63, 3.8) is 0 Å². The van der Waals surface area contributed by atoms with Crippen LogP contribution in [0.5, 0.6) is 0 Å². The maximum absolute atomic E-state index is 10.7. The molecule has 0 saturated carbocycles. The summed E-state index contributed by atoms with van der Waals surface area (Å²) in [6.45, 7) is 3.78. The Hall–Kier alpha value is -1.22. The fourth-order valence-corrected chi connectivity index (χ4v) is 1.58. The van der Waals surface area contributed by atoms with E-state index < -0.39 is 5.97 Å². The van der Waals surface area contributed by atoms with E-state index in [1.807, 2.05) is 19.9 Å². The Morgan fingerprint density at radius 2 is 1.86 bits per heavy atom. The van der Waals surface area contributed by atoms with Crippen molar-refractivity contribution in [2.45, 2.75) is 13.8 Å². The lowest BCUT2D eigenvalue weighted by molar-refractivity contribution is 0.0696. The summed E-state index contributed by atoms with van der Waals surface area (Å²) in [5.41, 5.74) is 3.27. The molecule has 1 rings (SSSR count). The van der Waals surface area contributed by atoms with Crippen molar-refractivity contribution in [2.24, 2.45) is 0 Å². The van der Waals surface area contributed by atoms with Crippen LogP contribution in [0.4, 0.5) is 0 Å². The quantitative estimate of drug-likeness (QED) is 0.733. The Morgan fingerprint density at radius 3 is 2.21 bits per heavy atom. The fraction of sp³-hybridized carbons (Fsp3) is 0.182. The maximum atomic E-state index is 10.7. The lowest BCUT2D eigenvalue weighted by atomic mass is 9.99. The van der Waals surface area contributed by atoms with E-state index in [-0.39, 0.29) is 0 Å². The van der Waals surface area contributed by atoms with Crippen LogP contribution in [0.3, 0.4) is 0 Å². The van der Waals surface area contributed by atoms with E-state index in [9.17, 15) is 4.79 Å². The maximum Gasteiger partial charge on any atom is 0.335 e. The van der Waals surface area contributed by atoms with Gasteiger partial charge in [-0.1, -0.05) is 0 Å². The highest BCUT2D eigenvalue weighted by atomic mass is 32.1. The summed E-state index contributed by atoms with van der Waals surface area (Å²) >= 11 is 4.00. The molecule has 14 heavy (non-hydrogen) atoms. The van der Waals surface area contributed by atoms with Gasteiger partial charge in [0.15, 0.2) is 0 Å². The Bertz CT molecular complexity index is 371. The molecule has 2 nitrogen and oxygen atoms in total. The van der Waals surface area contributed by atoms with E-state index in [1.54, 1.807) is 17.5 Å². The molecule has 0 aliphatic rings. The molecule has 0 amide bonds. The van der Waals surface area contributed by atoms with Gasteiger partial charge in [0.2, 0.25) is 0 Å². The Balaban J connectivity index is 3.32. The number of carbonyl (C=O) groups is 1. The molecule has 0 bridgehead atoms. The number of aromatic carboxylic acids is 1. The van der Waals surface area contributed by atoms with Crippen molar-refractivity contribution in [1.29, 1.82) is 0 Å². The van der Waals surface area contributed by atoms with Crippen molar-refractivity contribution in [3.05, 3.63) is 39.8 Å². The molecule has 0 aliphatic heterocycles. The minimum atomic E-state index is -0.891. The zero-order chi connectivity index (χ0) is 10.7. The molecule has 0 fully saturated rings. The van der Waals surface area contributed by atoms with Gasteiger partial charge in [0.25, 0.3) is 0 Å². The molecular formula is C11H12O2S. The molecule has 0 saturated heterocycles. The van der Waals surface area contributed by atoms with Gasteiger partial charge in [-0.2, -0.15) is 12.6 Å². The monoisotopic (exact) mass is 208 g/mol. The van der Waals surface area contributed by atoms with Gasteiger partial charge >= 0.3 is 5.97 Å². The van der Waals surface area contributed by atoms with Crippen molar-refractivity contribution >= 4 is 24.7 Å². The standard InChI is InChI=1S/C11H12O2S/c1-7-5-9(11(12)13)6-8(2)10(7)3-4-14/h3-6,14H,1-2H3,(H,12,13)/b4-3+. The molecule has 0 heterocycles. The first kappa shape index (κ1) is 10.9. The van der Waals surface area contributed by atoms with Gasteiger partial charge in [0.1, 0.15) is 0 Å². The van der Waals surface area contributed by atoms with Crippen molar-refractivity contribution < 1.29 is 9.90 Å². The van der Waals surface area contributed by atoms with Crippen LogP contribution in [-0.2, 0) is 0 Å². The van der Waals surface area contributed by atoms with Gasteiger partial charge < -0.3 is 5.11 Å². The van der Waals surface area contributed by atoms with E-state index in [4.69, 9.17) is 5.11 Å². The topological polar surface area (TPSA) is 37.3 Å². The first-order valence-electron chi connectivity index (χ1n) is 4.21. The third-order valence-corrected chi connectivity index (χ3v) is 2.23. The Kier molecular flexibility index (Phi) is 3.36. The molecule has 1 aromatic rings. The van der Waals surface area contributed by atoms with Crippen LogP contribution >= 0.6 is 12.6 Å². The molecule has 74 valence electrons. The average molecular weight is 208 g/mol. The van der Waals surface area contributed by atoms with Crippen molar-refractivity contribution in [1.82, 2.24) is 0 Å². The Labute approximate surface area is 88.7 Å². The highest BCUT2D eigenvalue weighted by molar-refractivity contribution is 7.83. The highest BCUT2D eigenvalue weighted by Crippen LogP contribution is 2.18. The van der Waals surface area contributed by atoms with Crippen LogP contribution < -0.4 is 0 Å². The lowest BCUT2D eigenvalue weighted by Crippen LogP contribution is -1.99. The fourth-order valence-electron chi connectivity index (χ4n) is 1.44. The second kappa shape index (κ2) is 4.33. The first-order valence-corrected chi connectivity index (χ1v) is 4.73. The molecule has 0 aliphatic carbocycles. The number of carboxylic acids is 1. The lowest BCUT2D eigenvalue weighted by Gasteiger charge is -2.06. The SMILES string of the molecule is Cc1cc(C(=O)O)cc(C)c1/C=C/S. The number of rotatable bonds is 2. The summed E-state index contributed by atoms with van der Waals surface area (Å²) in [7, 11) is 0. The van der Waals surface area contributed by atoms with E-state index in [0.717, 1.165) is 16.7 Å². The molecule has 0 spiro atoms. The zero-order valence-corrected chi connectivity index (χ0v) is 9.01. The van der Waals surface area contributed by atoms with Gasteiger partial charge in [-0.25, -0.2) is 4.79 Å². The molecule has 1 N–H and O–H groups in total. The summed E-state index contributed by atoms with van der Waals surface area (Å²) in [4.78, 5) is 10.7. The normalized spacial score (nSPS) is 10.8. The molecule has 0 unspecified atom stereocenters. The third-order valence-electron chi connectivity index (χ3n) is 2.08. The van der Waals surface area contributed by atoms with Crippen LogP contribution in [0.25, 0.3) is 6.08 Å². The molecule has 1 aromatic carbocycles. The third kappa shape index (κ3) is 2.17. The zero-order valence-electron chi connectivity index (χ0n) is 8.11. The molecule has 0 aromatic heterocycles. The van der Waals surface area contributed by atoms with Crippen molar-refractivity contribution in [3.8, 4) is 0 Å². The summed E-state index contributed by atoms with van der Waals surface area (Å²) in [6, 6.07) is 3.33. The van der Waals surface area contributed by atoms with Crippen LogP contribution in [0.15, 0.2) is 17.5 Å². The van der Waals surface area contributed by atoms with Gasteiger partial charge in [0, 0.05) is 0 Å². The van der Waals surface area contributed by atoms with E-state index in [0.29, 0.717) is 5.56 Å². The number of thiol groups is 1. The Morgan fingerprint density at radius 1 is 1.36 bits per heavy atom. The predicted molar refractivity (Wildman–Crippen MR) is 60.9 cm³/mol. The van der Waals surface area contributed by atoms with Gasteiger partial charge in [-0.05, 0) is 54.2 Å². The number of hydrogen-bond acceptors (Lipinski definition) is 2. The van der Waals surface area contributed by atoms with Crippen LogP contribution in [-0.4, -0.2) is 11.1 Å². The van der Waals surface area contributed by atoms with Crippen LogP contribution in [0, 0.1) is 13.8 Å². The van der Waals surface area contributed by atoms with Gasteiger partial charge in [-0.15, -0.1) is 0 Å². The summed E-state index contributed by atoms with van der Waals surface area (Å²) in [5.74, 6) is -0.891. The minimum Gasteiger partial charge on any atom is -0.478 e. The highest BCUT2D eigenvalue weighted by Gasteiger charge is 2.07. The van der Waals surface area contributed by atoms with E-state index >= 15 is 0 Å². The molecule has 0 atom stereocenters. The molecule has 3 heteroatoms. The second-order valence-electron chi connectivity index (χ2n) is 3.14. The van der Waals surface area contributed by atoms with Crippen LogP contribution in [0.1, 0.15) is 27.0 Å². The van der Waals surface area contributed by atoms with E-state index in [1.165, 1.54) is 0 Å². The van der Waals surface area contributed by atoms with E-state index in [2.05, 4.69) is 12.6 Å². The summed E-state index contributed by atoms with van der Waals surface area (Å²) in [5, 5.41) is 10.5. The molecule has 0 radical (unpaired) electrons. The number of benzene rings is 1. The number of carboxylic acid groups (broad SMARTS) is 1. The van der Waals surface area contributed by atoms with Gasteiger partial charge in [0.05, 0.1) is 5.56 Å². The predicted octanol–water partition coefficient (Wildman–Crippen LogP) is 2.90. The van der Waals surface area contributed by atoms with Gasteiger partial charge in [-0.3, -0.25) is 0 Å². The largest absolute Gasteiger partial charge is 0.478 e. The number of hydrogen-bond donors (Lipinski definition) is 2.